The molecule has 1 rings (SSSR count). The average Bonchev–Trinajstić information content (AvgIpc) is 2.67. The molecular weight excluding hydrogens is 220 g/mol. The third-order valence-corrected chi connectivity index (χ3v) is 3.87. The maximum atomic E-state index is 2.63. The molecule has 0 amide bonds. The summed E-state index contributed by atoms with van der Waals surface area (Å²) in [5, 5.41) is 0. The van der Waals surface area contributed by atoms with Gasteiger partial charge >= 0.3 is 0 Å². The third-order valence-electron chi connectivity index (χ3n) is 3.87. The molecule has 2 nitrogen and oxygen atoms in total. The topological polar surface area (TPSA) is 6.48 Å². The fraction of sp³-hybridized carbons (Fsp3) is 0.875. The van der Waals surface area contributed by atoms with Gasteiger partial charge in [0, 0.05) is 25.0 Å². The van der Waals surface area contributed by atoms with Crippen molar-refractivity contribution in [3.8, 4) is 0 Å². The van der Waals surface area contributed by atoms with Crippen molar-refractivity contribution in [2.24, 2.45) is 0 Å². The second kappa shape index (κ2) is 8.44. The standard InChI is InChI=1S/C16H32N2/c1-5-8-11-15-16(12-9-6-2)18(13-10-7-3)14-17(15)4/h5-14H2,1-4H3. The van der Waals surface area contributed by atoms with E-state index in [1.807, 2.05) is 0 Å². The molecule has 18 heavy (non-hydrogen) atoms. The highest BCUT2D eigenvalue weighted by Crippen LogP contribution is 2.30. The van der Waals surface area contributed by atoms with Crippen molar-refractivity contribution in [1.29, 1.82) is 0 Å². The molecule has 1 heterocycles. The lowest BCUT2D eigenvalue weighted by Gasteiger charge is -2.22. The van der Waals surface area contributed by atoms with Gasteiger partial charge in [-0.3, -0.25) is 0 Å². The van der Waals surface area contributed by atoms with E-state index in [2.05, 4.69) is 37.6 Å². The lowest BCUT2D eigenvalue weighted by molar-refractivity contribution is 0.266. The van der Waals surface area contributed by atoms with E-state index in [0.717, 1.165) is 6.67 Å². The molecule has 0 bridgehead atoms. The molecule has 1 aliphatic heterocycles. The largest absolute Gasteiger partial charge is 0.359 e. The second-order valence-corrected chi connectivity index (χ2v) is 5.56. The molecule has 0 aromatic rings. The highest BCUT2D eigenvalue weighted by atomic mass is 15.4. The minimum atomic E-state index is 1.12. The van der Waals surface area contributed by atoms with Crippen LogP contribution in [0, 0.1) is 0 Å². The van der Waals surface area contributed by atoms with E-state index in [9.17, 15) is 0 Å². The van der Waals surface area contributed by atoms with Crippen LogP contribution in [0.3, 0.4) is 0 Å². The van der Waals surface area contributed by atoms with Gasteiger partial charge in [0.25, 0.3) is 0 Å². The lowest BCUT2D eigenvalue weighted by atomic mass is 10.1. The van der Waals surface area contributed by atoms with Crippen molar-refractivity contribution in [3.63, 3.8) is 0 Å². The quantitative estimate of drug-likeness (QED) is 0.592. The summed E-state index contributed by atoms with van der Waals surface area (Å²) in [6, 6.07) is 0. The maximum Gasteiger partial charge on any atom is 0.0895 e. The summed E-state index contributed by atoms with van der Waals surface area (Å²) < 4.78 is 0. The van der Waals surface area contributed by atoms with E-state index >= 15 is 0 Å². The molecule has 0 aromatic heterocycles. The van der Waals surface area contributed by atoms with Crippen LogP contribution in [0.5, 0.6) is 0 Å². The Morgan fingerprint density at radius 2 is 1.39 bits per heavy atom. The van der Waals surface area contributed by atoms with Crippen molar-refractivity contribution >= 4 is 0 Å². The SMILES string of the molecule is CCCCC1=C(CCCC)N(CCCC)CN1C. The Bertz CT molecular complexity index is 258. The molecule has 0 saturated carbocycles. The van der Waals surface area contributed by atoms with Gasteiger partial charge in [-0.2, -0.15) is 0 Å². The summed E-state index contributed by atoms with van der Waals surface area (Å²) in [6.07, 6.45) is 10.4. The zero-order valence-electron chi connectivity index (χ0n) is 13.0. The Morgan fingerprint density at radius 3 is 1.94 bits per heavy atom. The highest BCUT2D eigenvalue weighted by molar-refractivity contribution is 5.17. The van der Waals surface area contributed by atoms with Crippen LogP contribution in [0.15, 0.2) is 11.4 Å². The molecule has 1 aliphatic rings. The van der Waals surface area contributed by atoms with Gasteiger partial charge in [0.2, 0.25) is 0 Å². The number of rotatable bonds is 9. The molecule has 0 N–H and O–H groups in total. The van der Waals surface area contributed by atoms with Crippen LogP contribution in [0.2, 0.25) is 0 Å². The van der Waals surface area contributed by atoms with E-state index in [0.29, 0.717) is 0 Å². The van der Waals surface area contributed by atoms with Gasteiger partial charge in [0.15, 0.2) is 0 Å². The fourth-order valence-electron chi connectivity index (χ4n) is 2.71. The van der Waals surface area contributed by atoms with Gasteiger partial charge in [-0.1, -0.05) is 40.0 Å². The highest BCUT2D eigenvalue weighted by Gasteiger charge is 2.24. The first kappa shape index (κ1) is 15.4. The van der Waals surface area contributed by atoms with E-state index < -0.39 is 0 Å². The average molecular weight is 252 g/mol. The molecule has 106 valence electrons. The first-order chi connectivity index (χ1) is 8.74. The van der Waals surface area contributed by atoms with E-state index in [1.54, 1.807) is 11.4 Å². The fourth-order valence-corrected chi connectivity index (χ4v) is 2.71. The normalized spacial score (nSPS) is 16.0. The van der Waals surface area contributed by atoms with Crippen molar-refractivity contribution in [3.05, 3.63) is 11.4 Å². The molecule has 0 aromatic carbocycles. The zero-order valence-corrected chi connectivity index (χ0v) is 13.0. The van der Waals surface area contributed by atoms with Gasteiger partial charge in [0.1, 0.15) is 0 Å². The number of unbranched alkanes of at least 4 members (excludes halogenated alkanes) is 3. The van der Waals surface area contributed by atoms with E-state index in [4.69, 9.17) is 0 Å². The summed E-state index contributed by atoms with van der Waals surface area (Å²) in [5.41, 5.74) is 3.28. The Labute approximate surface area is 114 Å². The van der Waals surface area contributed by atoms with Gasteiger partial charge in [-0.05, 0) is 32.1 Å². The summed E-state index contributed by atoms with van der Waals surface area (Å²) in [5.74, 6) is 0. The Balaban J connectivity index is 2.70. The molecule has 0 unspecified atom stereocenters. The molecule has 0 spiro atoms. The van der Waals surface area contributed by atoms with Crippen molar-refractivity contribution < 1.29 is 0 Å². The Morgan fingerprint density at radius 1 is 0.833 bits per heavy atom. The van der Waals surface area contributed by atoms with Crippen LogP contribution < -0.4 is 0 Å². The predicted octanol–water partition coefficient (Wildman–Crippen LogP) is 4.58. The van der Waals surface area contributed by atoms with Crippen LogP contribution in [0.1, 0.15) is 72.1 Å². The summed E-state index contributed by atoms with van der Waals surface area (Å²) >= 11 is 0. The van der Waals surface area contributed by atoms with Crippen LogP contribution in [-0.4, -0.2) is 30.1 Å². The molecule has 0 fully saturated rings. The Kier molecular flexibility index (Phi) is 7.22. The summed E-state index contributed by atoms with van der Waals surface area (Å²) in [7, 11) is 2.27. The van der Waals surface area contributed by atoms with Crippen molar-refractivity contribution in [2.45, 2.75) is 72.1 Å². The first-order valence-electron chi connectivity index (χ1n) is 7.92. The number of nitrogens with zero attached hydrogens (tertiary/aromatic N) is 2. The number of hydrogen-bond donors (Lipinski definition) is 0. The van der Waals surface area contributed by atoms with Gasteiger partial charge in [0.05, 0.1) is 6.67 Å². The minimum Gasteiger partial charge on any atom is -0.359 e. The summed E-state index contributed by atoms with van der Waals surface area (Å²) in [4.78, 5) is 5.11. The predicted molar refractivity (Wildman–Crippen MR) is 80.3 cm³/mol. The first-order valence-corrected chi connectivity index (χ1v) is 7.92. The molecular formula is C16H32N2. The monoisotopic (exact) mass is 252 g/mol. The van der Waals surface area contributed by atoms with Crippen LogP contribution in [0.25, 0.3) is 0 Å². The van der Waals surface area contributed by atoms with Crippen molar-refractivity contribution in [1.82, 2.24) is 9.80 Å². The Hall–Kier alpha value is -0.660. The molecule has 2 heteroatoms. The maximum absolute atomic E-state index is 2.63. The molecule has 0 saturated heterocycles. The second-order valence-electron chi connectivity index (χ2n) is 5.56. The van der Waals surface area contributed by atoms with E-state index in [-0.39, 0.29) is 0 Å². The van der Waals surface area contributed by atoms with Gasteiger partial charge in [-0.15, -0.1) is 0 Å². The van der Waals surface area contributed by atoms with Crippen LogP contribution in [0.4, 0.5) is 0 Å². The minimum absolute atomic E-state index is 1.12. The number of allylic oxidation sites excluding steroid dienone is 2. The van der Waals surface area contributed by atoms with Gasteiger partial charge < -0.3 is 9.80 Å². The van der Waals surface area contributed by atoms with Crippen LogP contribution >= 0.6 is 0 Å². The smallest absolute Gasteiger partial charge is 0.0895 e. The lowest BCUT2D eigenvalue weighted by Crippen LogP contribution is -2.26. The zero-order chi connectivity index (χ0) is 13.4. The molecule has 0 aliphatic carbocycles. The summed E-state index contributed by atoms with van der Waals surface area (Å²) in [6.45, 7) is 9.23. The van der Waals surface area contributed by atoms with E-state index in [1.165, 1.54) is 57.9 Å². The van der Waals surface area contributed by atoms with Gasteiger partial charge in [-0.25, -0.2) is 0 Å². The van der Waals surface area contributed by atoms with Crippen LogP contribution in [-0.2, 0) is 0 Å². The number of hydrogen-bond acceptors (Lipinski definition) is 2. The van der Waals surface area contributed by atoms with Crippen molar-refractivity contribution in [2.75, 3.05) is 20.3 Å². The molecule has 0 atom stereocenters. The molecule has 0 radical (unpaired) electrons. The third kappa shape index (κ3) is 4.22.